The fourth-order valence-corrected chi connectivity index (χ4v) is 3.60. The van der Waals surface area contributed by atoms with Crippen LogP contribution in [-0.4, -0.2) is 42.2 Å². The first-order chi connectivity index (χ1) is 13.5. The summed E-state index contributed by atoms with van der Waals surface area (Å²) in [7, 11) is 1.43. The molecule has 0 unspecified atom stereocenters. The molecular weight excluding hydrogens is 363 g/mol. The van der Waals surface area contributed by atoms with E-state index in [9.17, 15) is 9.18 Å². The minimum atomic E-state index is -0.426. The molecule has 7 heteroatoms. The Morgan fingerprint density at radius 3 is 2.96 bits per heavy atom. The maximum absolute atomic E-state index is 13.7. The number of rotatable bonds is 7. The molecule has 0 amide bonds. The standard InChI is InChI=1S/C21H27FN2O4/c1-4-27-20(25)12-16-7-5-6-10-24(16)13-18-14(2)28-21(23-18)15-8-9-17(22)19(11-15)26-3/h8-9,11,16H,4-7,10,12-13H2,1-3H3/t16-/m1/s1. The Labute approximate surface area is 164 Å². The molecule has 0 N–H and O–H groups in total. The van der Waals surface area contributed by atoms with Crippen molar-refractivity contribution in [1.29, 1.82) is 0 Å². The van der Waals surface area contributed by atoms with E-state index in [2.05, 4.69) is 9.88 Å². The molecule has 0 aliphatic carbocycles. The van der Waals surface area contributed by atoms with E-state index >= 15 is 0 Å². The third kappa shape index (κ3) is 4.70. The second-order valence-corrected chi connectivity index (χ2v) is 7.00. The van der Waals surface area contributed by atoms with Crippen molar-refractivity contribution in [3.63, 3.8) is 0 Å². The number of hydrogen-bond donors (Lipinski definition) is 0. The van der Waals surface area contributed by atoms with Crippen LogP contribution >= 0.6 is 0 Å². The predicted octanol–water partition coefficient (Wildman–Crippen LogP) is 4.11. The van der Waals surface area contributed by atoms with Gasteiger partial charge in [-0.15, -0.1) is 0 Å². The quantitative estimate of drug-likeness (QED) is 0.663. The van der Waals surface area contributed by atoms with E-state index < -0.39 is 5.82 Å². The Bertz CT molecular complexity index is 821. The molecule has 2 heterocycles. The van der Waals surface area contributed by atoms with E-state index in [1.54, 1.807) is 12.1 Å². The van der Waals surface area contributed by atoms with E-state index in [4.69, 9.17) is 13.9 Å². The zero-order chi connectivity index (χ0) is 20.1. The molecule has 0 radical (unpaired) electrons. The average Bonchev–Trinajstić information content (AvgIpc) is 3.04. The molecule has 0 spiro atoms. The van der Waals surface area contributed by atoms with Crippen LogP contribution in [0.4, 0.5) is 4.39 Å². The Morgan fingerprint density at radius 1 is 1.39 bits per heavy atom. The number of benzene rings is 1. The molecule has 6 nitrogen and oxygen atoms in total. The monoisotopic (exact) mass is 390 g/mol. The molecule has 1 fully saturated rings. The number of aryl methyl sites for hydroxylation is 1. The normalized spacial score (nSPS) is 17.5. The van der Waals surface area contributed by atoms with Crippen LogP contribution in [0.5, 0.6) is 5.75 Å². The number of halogens is 1. The summed E-state index contributed by atoms with van der Waals surface area (Å²) in [6, 6.07) is 4.69. The molecule has 2 aromatic rings. The Morgan fingerprint density at radius 2 is 2.21 bits per heavy atom. The van der Waals surface area contributed by atoms with Gasteiger partial charge in [-0.2, -0.15) is 0 Å². The molecule has 0 saturated carbocycles. The number of oxazole rings is 1. The molecule has 28 heavy (non-hydrogen) atoms. The highest BCUT2D eigenvalue weighted by atomic mass is 19.1. The fraction of sp³-hybridized carbons (Fsp3) is 0.524. The predicted molar refractivity (Wildman–Crippen MR) is 102 cm³/mol. The van der Waals surface area contributed by atoms with Crippen LogP contribution in [0.25, 0.3) is 11.5 Å². The highest BCUT2D eigenvalue weighted by Crippen LogP contribution is 2.29. The Balaban J connectivity index is 1.76. The molecule has 1 aromatic heterocycles. The number of methoxy groups -OCH3 is 1. The van der Waals surface area contributed by atoms with Crippen LogP contribution in [0.3, 0.4) is 0 Å². The number of ether oxygens (including phenoxy) is 2. The summed E-state index contributed by atoms with van der Waals surface area (Å²) >= 11 is 0. The van der Waals surface area contributed by atoms with Crippen molar-refractivity contribution in [1.82, 2.24) is 9.88 Å². The molecule has 152 valence electrons. The van der Waals surface area contributed by atoms with E-state index in [1.165, 1.54) is 13.2 Å². The summed E-state index contributed by atoms with van der Waals surface area (Å²) in [5, 5.41) is 0. The number of likely N-dealkylation sites (tertiary alicyclic amines) is 1. The average molecular weight is 390 g/mol. The largest absolute Gasteiger partial charge is 0.494 e. The summed E-state index contributed by atoms with van der Waals surface area (Å²) in [4.78, 5) is 18.8. The van der Waals surface area contributed by atoms with Crippen molar-refractivity contribution in [2.45, 2.75) is 52.1 Å². The number of carbonyl (C=O) groups is 1. The van der Waals surface area contributed by atoms with Gasteiger partial charge in [0, 0.05) is 18.2 Å². The lowest BCUT2D eigenvalue weighted by atomic mass is 9.99. The first-order valence-corrected chi connectivity index (χ1v) is 9.71. The molecule has 1 aromatic carbocycles. The summed E-state index contributed by atoms with van der Waals surface area (Å²) in [5.74, 6) is 0.726. The van der Waals surface area contributed by atoms with Gasteiger partial charge in [0.2, 0.25) is 5.89 Å². The van der Waals surface area contributed by atoms with Gasteiger partial charge in [-0.05, 0) is 51.4 Å². The van der Waals surface area contributed by atoms with Crippen molar-refractivity contribution >= 4 is 5.97 Å². The van der Waals surface area contributed by atoms with Gasteiger partial charge in [-0.25, -0.2) is 9.37 Å². The zero-order valence-electron chi connectivity index (χ0n) is 16.7. The van der Waals surface area contributed by atoms with Gasteiger partial charge < -0.3 is 13.9 Å². The number of carbonyl (C=O) groups excluding carboxylic acids is 1. The topological polar surface area (TPSA) is 64.8 Å². The van der Waals surface area contributed by atoms with Crippen molar-refractivity contribution in [2.75, 3.05) is 20.3 Å². The number of esters is 1. The fourth-order valence-electron chi connectivity index (χ4n) is 3.60. The first-order valence-electron chi connectivity index (χ1n) is 9.71. The molecule has 1 atom stereocenters. The number of hydrogen-bond acceptors (Lipinski definition) is 6. The first kappa shape index (κ1) is 20.3. The van der Waals surface area contributed by atoms with Crippen molar-refractivity contribution in [2.24, 2.45) is 0 Å². The van der Waals surface area contributed by atoms with Gasteiger partial charge in [0.1, 0.15) is 5.76 Å². The Kier molecular flexibility index (Phi) is 6.67. The minimum Gasteiger partial charge on any atom is -0.494 e. The van der Waals surface area contributed by atoms with Crippen LogP contribution < -0.4 is 4.74 Å². The summed E-state index contributed by atoms with van der Waals surface area (Å²) in [5.41, 5.74) is 1.49. The van der Waals surface area contributed by atoms with Crippen molar-refractivity contribution in [3.8, 4) is 17.2 Å². The van der Waals surface area contributed by atoms with Crippen LogP contribution in [0, 0.1) is 12.7 Å². The SMILES string of the molecule is CCOC(=O)C[C@H]1CCCCN1Cc1nc(-c2ccc(F)c(OC)c2)oc1C. The van der Waals surface area contributed by atoms with Crippen LogP contribution in [-0.2, 0) is 16.1 Å². The summed E-state index contributed by atoms with van der Waals surface area (Å²) < 4.78 is 29.6. The van der Waals surface area contributed by atoms with Gasteiger partial charge in [-0.1, -0.05) is 6.42 Å². The van der Waals surface area contributed by atoms with E-state index in [-0.39, 0.29) is 17.8 Å². The summed E-state index contributed by atoms with van der Waals surface area (Å²) in [6.07, 6.45) is 3.57. The lowest BCUT2D eigenvalue weighted by molar-refractivity contribution is -0.145. The lowest BCUT2D eigenvalue weighted by Gasteiger charge is -2.34. The number of nitrogens with zero attached hydrogens (tertiary/aromatic N) is 2. The molecule has 0 bridgehead atoms. The smallest absolute Gasteiger partial charge is 0.307 e. The van der Waals surface area contributed by atoms with Gasteiger partial charge in [-0.3, -0.25) is 9.69 Å². The molecule has 3 rings (SSSR count). The number of aromatic nitrogens is 1. The second-order valence-electron chi connectivity index (χ2n) is 7.00. The van der Waals surface area contributed by atoms with Crippen LogP contribution in [0.2, 0.25) is 0 Å². The maximum atomic E-state index is 13.7. The molecule has 1 aliphatic heterocycles. The maximum Gasteiger partial charge on any atom is 0.307 e. The van der Waals surface area contributed by atoms with Crippen molar-refractivity contribution < 1.29 is 23.1 Å². The third-order valence-corrected chi connectivity index (χ3v) is 5.10. The van der Waals surface area contributed by atoms with Gasteiger partial charge >= 0.3 is 5.97 Å². The third-order valence-electron chi connectivity index (χ3n) is 5.10. The number of piperidine rings is 1. The van der Waals surface area contributed by atoms with Gasteiger partial charge in [0.15, 0.2) is 11.6 Å². The summed E-state index contributed by atoms with van der Waals surface area (Å²) in [6.45, 7) is 5.62. The molecule has 1 aliphatic rings. The van der Waals surface area contributed by atoms with Gasteiger partial charge in [0.25, 0.3) is 0 Å². The van der Waals surface area contributed by atoms with Crippen molar-refractivity contribution in [3.05, 3.63) is 35.5 Å². The Hall–Kier alpha value is -2.41. The van der Waals surface area contributed by atoms with E-state index in [0.717, 1.165) is 37.3 Å². The minimum absolute atomic E-state index is 0.151. The van der Waals surface area contributed by atoms with Crippen LogP contribution in [0.1, 0.15) is 44.1 Å². The molecule has 1 saturated heterocycles. The van der Waals surface area contributed by atoms with Gasteiger partial charge in [0.05, 0.1) is 25.8 Å². The van der Waals surface area contributed by atoms with E-state index in [1.807, 2.05) is 13.8 Å². The highest BCUT2D eigenvalue weighted by Gasteiger charge is 2.27. The second kappa shape index (κ2) is 9.19. The van der Waals surface area contributed by atoms with E-state index in [0.29, 0.717) is 31.0 Å². The molecular formula is C21H27FN2O4. The highest BCUT2D eigenvalue weighted by molar-refractivity contribution is 5.70. The van der Waals surface area contributed by atoms with Crippen LogP contribution in [0.15, 0.2) is 22.6 Å². The zero-order valence-corrected chi connectivity index (χ0v) is 16.7. The lowest BCUT2D eigenvalue weighted by Crippen LogP contribution is -2.40.